The Morgan fingerprint density at radius 2 is 1.27 bits per heavy atom. The minimum atomic E-state index is -0.384. The van der Waals surface area contributed by atoms with E-state index < -0.39 is 0 Å². The number of rotatable bonds is 8. The number of ketones is 1. The van der Waals surface area contributed by atoms with E-state index in [-0.39, 0.29) is 17.6 Å². The van der Waals surface area contributed by atoms with Gasteiger partial charge in [0.2, 0.25) is 0 Å². The van der Waals surface area contributed by atoms with Gasteiger partial charge in [0.05, 0.1) is 19.8 Å². The van der Waals surface area contributed by atoms with Crippen LogP contribution in [0.25, 0.3) is 0 Å². The number of ether oxygens (including phenoxy) is 2. The molecular formula is C29H23ClN2O5. The Bertz CT molecular complexity index is 1470. The Kier molecular flexibility index (Phi) is 7.86. The second-order valence-corrected chi connectivity index (χ2v) is 8.41. The van der Waals surface area contributed by atoms with Gasteiger partial charge >= 0.3 is 0 Å². The number of carbonyl (C=O) groups is 3. The maximum absolute atomic E-state index is 13.0. The molecule has 0 saturated carbocycles. The van der Waals surface area contributed by atoms with Gasteiger partial charge in [0, 0.05) is 33.1 Å². The maximum atomic E-state index is 13.0. The Morgan fingerprint density at radius 3 is 1.92 bits per heavy atom. The number of amides is 2. The molecule has 0 aliphatic rings. The van der Waals surface area contributed by atoms with Gasteiger partial charge in [0.1, 0.15) is 11.5 Å². The lowest BCUT2D eigenvalue weighted by molar-refractivity contribution is 0.101. The van der Waals surface area contributed by atoms with Crippen molar-refractivity contribution < 1.29 is 23.9 Å². The van der Waals surface area contributed by atoms with Crippen LogP contribution in [0.15, 0.2) is 91.0 Å². The lowest BCUT2D eigenvalue weighted by Crippen LogP contribution is -2.15. The highest BCUT2D eigenvalue weighted by Gasteiger charge is 2.17. The van der Waals surface area contributed by atoms with Crippen molar-refractivity contribution in [2.24, 2.45) is 0 Å². The Morgan fingerprint density at radius 1 is 0.649 bits per heavy atom. The monoisotopic (exact) mass is 514 g/mol. The summed E-state index contributed by atoms with van der Waals surface area (Å²) in [7, 11) is 3.01. The summed E-state index contributed by atoms with van der Waals surface area (Å²) in [6.45, 7) is 0. The molecule has 4 aromatic rings. The highest BCUT2D eigenvalue weighted by Crippen LogP contribution is 2.26. The maximum Gasteiger partial charge on any atom is 0.255 e. The second-order valence-electron chi connectivity index (χ2n) is 7.97. The molecule has 2 amide bonds. The molecule has 2 N–H and O–H groups in total. The zero-order valence-electron chi connectivity index (χ0n) is 20.1. The summed E-state index contributed by atoms with van der Waals surface area (Å²) in [6.07, 6.45) is 0. The Hall–Kier alpha value is -4.62. The molecule has 4 aromatic carbocycles. The zero-order valence-corrected chi connectivity index (χ0v) is 20.8. The third kappa shape index (κ3) is 6.15. The lowest BCUT2D eigenvalue weighted by Gasteiger charge is -2.11. The smallest absolute Gasteiger partial charge is 0.255 e. The van der Waals surface area contributed by atoms with E-state index in [2.05, 4.69) is 10.6 Å². The fraction of sp³-hybridized carbons (Fsp3) is 0.0690. The van der Waals surface area contributed by atoms with Crippen LogP contribution in [0.2, 0.25) is 5.02 Å². The summed E-state index contributed by atoms with van der Waals surface area (Å²) in [4.78, 5) is 38.5. The van der Waals surface area contributed by atoms with Crippen LogP contribution in [0.4, 0.5) is 11.4 Å². The molecule has 0 saturated heterocycles. The van der Waals surface area contributed by atoms with Crippen molar-refractivity contribution in [2.45, 2.75) is 0 Å². The molecule has 0 atom stereocenters. The van der Waals surface area contributed by atoms with Crippen molar-refractivity contribution in [3.63, 3.8) is 0 Å². The summed E-state index contributed by atoms with van der Waals surface area (Å²) in [5, 5.41) is 6.06. The molecule has 7 nitrogen and oxygen atoms in total. The molecule has 0 radical (unpaired) electrons. The first-order valence-corrected chi connectivity index (χ1v) is 11.6. The van der Waals surface area contributed by atoms with Gasteiger partial charge in [0.15, 0.2) is 5.78 Å². The van der Waals surface area contributed by atoms with E-state index in [0.29, 0.717) is 50.2 Å². The normalized spacial score (nSPS) is 10.4. The fourth-order valence-corrected chi connectivity index (χ4v) is 3.82. The third-order valence-corrected chi connectivity index (χ3v) is 5.76. The molecule has 0 spiro atoms. The van der Waals surface area contributed by atoms with Crippen molar-refractivity contribution in [1.29, 1.82) is 0 Å². The van der Waals surface area contributed by atoms with Gasteiger partial charge in [-0.1, -0.05) is 35.9 Å². The van der Waals surface area contributed by atoms with Crippen LogP contribution in [0.3, 0.4) is 0 Å². The predicted octanol–water partition coefficient (Wildman–Crippen LogP) is 6.09. The number of methoxy groups -OCH3 is 2. The molecule has 0 aromatic heterocycles. The molecule has 8 heteroatoms. The van der Waals surface area contributed by atoms with Crippen LogP contribution >= 0.6 is 11.6 Å². The molecule has 0 fully saturated rings. The molecule has 186 valence electrons. The first-order valence-electron chi connectivity index (χ1n) is 11.2. The number of anilines is 2. The minimum absolute atomic E-state index is 0.263. The Labute approximate surface area is 219 Å². The SMILES string of the molecule is COc1ccc(OC)c(C(=O)c2ccc(C(=O)Nc3cccc(C(=O)Nc4cccc(Cl)c4)c3)cc2)c1. The van der Waals surface area contributed by atoms with Crippen molar-refractivity contribution in [3.8, 4) is 11.5 Å². The molecule has 0 aliphatic heterocycles. The highest BCUT2D eigenvalue weighted by atomic mass is 35.5. The summed E-state index contributed by atoms with van der Waals surface area (Å²) in [5.74, 6) is -0.0313. The van der Waals surface area contributed by atoms with Crippen LogP contribution in [0, 0.1) is 0 Å². The van der Waals surface area contributed by atoms with Crippen LogP contribution in [0.5, 0.6) is 11.5 Å². The summed E-state index contributed by atoms with van der Waals surface area (Å²) < 4.78 is 10.5. The highest BCUT2D eigenvalue weighted by molar-refractivity contribution is 6.31. The average molecular weight is 515 g/mol. The van der Waals surface area contributed by atoms with Gasteiger partial charge in [-0.3, -0.25) is 14.4 Å². The van der Waals surface area contributed by atoms with E-state index in [1.807, 2.05) is 0 Å². The molecule has 0 bridgehead atoms. The molecular weight excluding hydrogens is 492 g/mol. The van der Waals surface area contributed by atoms with Crippen molar-refractivity contribution in [1.82, 2.24) is 0 Å². The van der Waals surface area contributed by atoms with Gasteiger partial charge in [-0.2, -0.15) is 0 Å². The number of benzene rings is 4. The van der Waals surface area contributed by atoms with E-state index in [0.717, 1.165) is 0 Å². The lowest BCUT2D eigenvalue weighted by atomic mass is 10.0. The quantitative estimate of drug-likeness (QED) is 0.277. The van der Waals surface area contributed by atoms with E-state index in [4.69, 9.17) is 21.1 Å². The first kappa shape index (κ1) is 25.5. The predicted molar refractivity (Wildman–Crippen MR) is 143 cm³/mol. The summed E-state index contributed by atoms with van der Waals surface area (Å²) >= 11 is 5.97. The minimum Gasteiger partial charge on any atom is -0.497 e. The van der Waals surface area contributed by atoms with Crippen molar-refractivity contribution >= 4 is 40.6 Å². The number of hydrogen-bond acceptors (Lipinski definition) is 5. The van der Waals surface area contributed by atoms with Crippen LogP contribution in [-0.2, 0) is 0 Å². The largest absolute Gasteiger partial charge is 0.497 e. The molecule has 37 heavy (non-hydrogen) atoms. The standard InChI is InChI=1S/C29H23ClN2O5/c1-36-24-13-14-26(37-2)25(17-24)27(33)18-9-11-19(12-10-18)28(34)31-22-7-3-5-20(15-22)29(35)32-23-8-4-6-21(30)16-23/h3-17H,1-2H3,(H,31,34)(H,32,35). The fourth-order valence-electron chi connectivity index (χ4n) is 3.63. The van der Waals surface area contributed by atoms with Crippen LogP contribution in [0.1, 0.15) is 36.6 Å². The first-order chi connectivity index (χ1) is 17.9. The van der Waals surface area contributed by atoms with E-state index >= 15 is 0 Å². The zero-order chi connectivity index (χ0) is 26.4. The van der Waals surface area contributed by atoms with E-state index in [9.17, 15) is 14.4 Å². The number of carbonyl (C=O) groups excluding carboxylic acids is 3. The van der Waals surface area contributed by atoms with Gasteiger partial charge in [-0.15, -0.1) is 0 Å². The second kappa shape index (κ2) is 11.4. The third-order valence-electron chi connectivity index (χ3n) is 5.53. The van der Waals surface area contributed by atoms with Gasteiger partial charge < -0.3 is 20.1 Å². The van der Waals surface area contributed by atoms with Crippen molar-refractivity contribution in [2.75, 3.05) is 24.9 Å². The molecule has 4 rings (SSSR count). The van der Waals surface area contributed by atoms with Crippen molar-refractivity contribution in [3.05, 3.63) is 118 Å². The summed E-state index contributed by atoms with van der Waals surface area (Å²) in [5.41, 5.74) is 2.47. The average Bonchev–Trinajstić information content (AvgIpc) is 2.92. The van der Waals surface area contributed by atoms with Gasteiger partial charge in [-0.25, -0.2) is 0 Å². The molecule has 0 unspecified atom stereocenters. The number of halogens is 1. The Balaban J connectivity index is 1.46. The van der Waals surface area contributed by atoms with Gasteiger partial charge in [-0.05, 0) is 66.7 Å². The van der Waals surface area contributed by atoms with E-state index in [1.54, 1.807) is 91.0 Å². The molecule has 0 heterocycles. The number of hydrogen-bond donors (Lipinski definition) is 2. The van der Waals surface area contributed by atoms with Crippen LogP contribution in [-0.4, -0.2) is 31.8 Å². The van der Waals surface area contributed by atoms with Crippen LogP contribution < -0.4 is 20.1 Å². The summed E-state index contributed by atoms with van der Waals surface area (Å²) in [6, 6.07) is 24.6. The van der Waals surface area contributed by atoms with E-state index in [1.165, 1.54) is 14.2 Å². The number of nitrogens with one attached hydrogen (secondary N) is 2. The van der Waals surface area contributed by atoms with Gasteiger partial charge in [0.25, 0.3) is 11.8 Å². The molecule has 0 aliphatic carbocycles. The topological polar surface area (TPSA) is 93.7 Å².